The Kier molecular flexibility index (Phi) is 4.13. The number of para-hydroxylation sites is 1. The van der Waals surface area contributed by atoms with Gasteiger partial charge >= 0.3 is 0 Å². The van der Waals surface area contributed by atoms with E-state index in [-0.39, 0.29) is 12.0 Å². The van der Waals surface area contributed by atoms with Crippen LogP contribution in [0.4, 0.5) is 5.13 Å². The molecule has 1 aliphatic rings. The summed E-state index contributed by atoms with van der Waals surface area (Å²) in [6.07, 6.45) is 1.55. The van der Waals surface area contributed by atoms with Crippen molar-refractivity contribution in [3.63, 3.8) is 0 Å². The van der Waals surface area contributed by atoms with Crippen molar-refractivity contribution in [3.8, 4) is 0 Å². The van der Waals surface area contributed by atoms with Crippen LogP contribution in [0.1, 0.15) is 12.8 Å². The van der Waals surface area contributed by atoms with E-state index in [1.165, 1.54) is 4.70 Å². The fourth-order valence-electron chi connectivity index (χ4n) is 2.20. The van der Waals surface area contributed by atoms with Crippen LogP contribution in [0, 0.1) is 0 Å². The number of fused-ring (bicyclic) bond motifs is 1. The van der Waals surface area contributed by atoms with Crippen molar-refractivity contribution in [2.45, 2.75) is 18.9 Å². The van der Waals surface area contributed by atoms with E-state index in [0.717, 1.165) is 23.5 Å². The molecule has 6 heteroatoms. The van der Waals surface area contributed by atoms with Gasteiger partial charge in [0.2, 0.25) is 5.91 Å². The third-order valence-electron chi connectivity index (χ3n) is 3.22. The summed E-state index contributed by atoms with van der Waals surface area (Å²) in [6, 6.07) is 8.04. The predicted octanol–water partition coefficient (Wildman–Crippen LogP) is 2.00. The number of carbonyl (C=O) groups excluding carboxylic acids is 1. The Balaban J connectivity index is 1.44. The van der Waals surface area contributed by atoms with Gasteiger partial charge in [0, 0.05) is 19.7 Å². The molecule has 0 radical (unpaired) electrons. The van der Waals surface area contributed by atoms with Gasteiger partial charge in [-0.1, -0.05) is 23.5 Å². The Labute approximate surface area is 121 Å². The summed E-state index contributed by atoms with van der Waals surface area (Å²) in [5.74, 6) is -0.00593. The second-order valence-electron chi connectivity index (χ2n) is 4.71. The lowest BCUT2D eigenvalue weighted by Crippen LogP contribution is -2.36. The largest absolute Gasteiger partial charge is 0.368 e. The third-order valence-corrected chi connectivity index (χ3v) is 4.21. The normalized spacial score (nSPS) is 18.3. The van der Waals surface area contributed by atoms with Crippen LogP contribution in [0.5, 0.6) is 0 Å². The quantitative estimate of drug-likeness (QED) is 0.827. The number of aromatic nitrogens is 1. The summed E-state index contributed by atoms with van der Waals surface area (Å²) < 4.78 is 6.49. The van der Waals surface area contributed by atoms with Crippen LogP contribution in [0.3, 0.4) is 0 Å². The number of thiazole rings is 1. The minimum Gasteiger partial charge on any atom is -0.368 e. The molecular weight excluding hydrogens is 274 g/mol. The highest BCUT2D eigenvalue weighted by molar-refractivity contribution is 7.22. The molecule has 0 spiro atoms. The highest BCUT2D eigenvalue weighted by atomic mass is 32.1. The van der Waals surface area contributed by atoms with Crippen molar-refractivity contribution in [1.29, 1.82) is 0 Å². The van der Waals surface area contributed by atoms with Gasteiger partial charge in [0.05, 0.1) is 10.2 Å². The topological polar surface area (TPSA) is 63.2 Å². The lowest BCUT2D eigenvalue weighted by atomic mass is 10.2. The van der Waals surface area contributed by atoms with Gasteiger partial charge in [0.15, 0.2) is 5.13 Å². The average molecular weight is 291 g/mol. The fraction of sp³-hybridized carbons (Fsp3) is 0.429. The average Bonchev–Trinajstić information content (AvgIpc) is 3.11. The molecule has 5 nitrogen and oxygen atoms in total. The van der Waals surface area contributed by atoms with E-state index in [0.29, 0.717) is 19.7 Å². The van der Waals surface area contributed by atoms with Crippen molar-refractivity contribution in [2.24, 2.45) is 0 Å². The lowest BCUT2D eigenvalue weighted by Gasteiger charge is -2.10. The molecule has 1 amide bonds. The second-order valence-corrected chi connectivity index (χ2v) is 5.74. The van der Waals surface area contributed by atoms with Crippen LogP contribution >= 0.6 is 11.3 Å². The number of hydrogen-bond acceptors (Lipinski definition) is 5. The number of ether oxygens (including phenoxy) is 1. The first-order valence-electron chi connectivity index (χ1n) is 6.82. The monoisotopic (exact) mass is 291 g/mol. The van der Waals surface area contributed by atoms with Crippen molar-refractivity contribution >= 4 is 32.6 Å². The van der Waals surface area contributed by atoms with Crippen molar-refractivity contribution in [3.05, 3.63) is 24.3 Å². The van der Waals surface area contributed by atoms with E-state index in [2.05, 4.69) is 21.7 Å². The third kappa shape index (κ3) is 3.08. The van der Waals surface area contributed by atoms with Gasteiger partial charge in [-0.25, -0.2) is 4.98 Å². The van der Waals surface area contributed by atoms with Gasteiger partial charge in [-0.3, -0.25) is 4.79 Å². The van der Waals surface area contributed by atoms with Crippen LogP contribution in [0.2, 0.25) is 0 Å². The molecule has 1 saturated heterocycles. The van der Waals surface area contributed by atoms with E-state index >= 15 is 0 Å². The Bertz CT molecular complexity index is 560. The molecule has 0 bridgehead atoms. The number of benzene rings is 1. The molecule has 0 aliphatic carbocycles. The highest BCUT2D eigenvalue weighted by Crippen LogP contribution is 2.24. The number of carbonyl (C=O) groups is 1. The van der Waals surface area contributed by atoms with Crippen molar-refractivity contribution < 1.29 is 9.53 Å². The number of amides is 1. The van der Waals surface area contributed by atoms with Gasteiger partial charge in [-0.15, -0.1) is 0 Å². The van der Waals surface area contributed by atoms with Crippen molar-refractivity contribution in [1.82, 2.24) is 10.3 Å². The Morgan fingerprint density at radius 3 is 3.10 bits per heavy atom. The van der Waals surface area contributed by atoms with Crippen LogP contribution in [0.25, 0.3) is 10.2 Å². The summed E-state index contributed by atoms with van der Waals surface area (Å²) >= 11 is 1.62. The van der Waals surface area contributed by atoms with Crippen LogP contribution in [0.15, 0.2) is 24.3 Å². The summed E-state index contributed by atoms with van der Waals surface area (Å²) in [5, 5.41) is 7.00. The van der Waals surface area contributed by atoms with E-state index in [1.807, 2.05) is 18.2 Å². The van der Waals surface area contributed by atoms with Gasteiger partial charge in [-0.2, -0.15) is 0 Å². The van der Waals surface area contributed by atoms with Gasteiger partial charge in [0.25, 0.3) is 0 Å². The molecule has 2 aromatic rings. The zero-order valence-corrected chi connectivity index (χ0v) is 11.9. The molecule has 2 N–H and O–H groups in total. The molecule has 20 heavy (non-hydrogen) atoms. The number of rotatable bonds is 5. The maximum Gasteiger partial charge on any atom is 0.249 e. The minimum atomic E-state index is -0.252. The molecule has 1 aliphatic heterocycles. The zero-order valence-electron chi connectivity index (χ0n) is 11.1. The molecule has 2 heterocycles. The van der Waals surface area contributed by atoms with Gasteiger partial charge in [-0.05, 0) is 25.0 Å². The van der Waals surface area contributed by atoms with Crippen LogP contribution in [-0.4, -0.2) is 36.7 Å². The molecule has 1 aromatic carbocycles. The highest BCUT2D eigenvalue weighted by Gasteiger charge is 2.22. The summed E-state index contributed by atoms with van der Waals surface area (Å²) in [6.45, 7) is 1.94. The standard InChI is InChI=1S/C14H17N3O2S/c18-13(11-5-3-9-19-11)15-7-8-16-14-17-10-4-1-2-6-12(10)20-14/h1-2,4,6,11H,3,5,7-9H2,(H,15,18)(H,16,17). The molecule has 1 aromatic heterocycles. The minimum absolute atomic E-state index is 0.00593. The number of anilines is 1. The van der Waals surface area contributed by atoms with Crippen molar-refractivity contribution in [2.75, 3.05) is 25.0 Å². The number of nitrogens with one attached hydrogen (secondary N) is 2. The first kappa shape index (κ1) is 13.3. The smallest absolute Gasteiger partial charge is 0.249 e. The fourth-order valence-corrected chi connectivity index (χ4v) is 3.09. The van der Waals surface area contributed by atoms with E-state index in [1.54, 1.807) is 11.3 Å². The molecule has 3 rings (SSSR count). The SMILES string of the molecule is O=C(NCCNc1nc2ccccc2s1)C1CCCO1. The summed E-state index contributed by atoms with van der Waals surface area (Å²) in [7, 11) is 0. The first-order valence-corrected chi connectivity index (χ1v) is 7.63. The predicted molar refractivity (Wildman–Crippen MR) is 80.1 cm³/mol. The Hall–Kier alpha value is -1.66. The van der Waals surface area contributed by atoms with Crippen LogP contribution in [-0.2, 0) is 9.53 Å². The van der Waals surface area contributed by atoms with Gasteiger partial charge < -0.3 is 15.4 Å². The second kappa shape index (κ2) is 6.19. The lowest BCUT2D eigenvalue weighted by molar-refractivity contribution is -0.129. The molecular formula is C14H17N3O2S. The maximum absolute atomic E-state index is 11.7. The first-order chi connectivity index (χ1) is 9.83. The van der Waals surface area contributed by atoms with E-state index in [4.69, 9.17) is 4.74 Å². The number of hydrogen-bond donors (Lipinski definition) is 2. The molecule has 106 valence electrons. The summed E-state index contributed by atoms with van der Waals surface area (Å²) in [4.78, 5) is 16.2. The Morgan fingerprint density at radius 1 is 1.40 bits per heavy atom. The Morgan fingerprint density at radius 2 is 2.30 bits per heavy atom. The summed E-state index contributed by atoms with van der Waals surface area (Å²) in [5.41, 5.74) is 1.00. The van der Waals surface area contributed by atoms with Crippen LogP contribution < -0.4 is 10.6 Å². The molecule has 1 atom stereocenters. The molecule has 0 saturated carbocycles. The molecule has 1 unspecified atom stereocenters. The molecule has 1 fully saturated rings. The van der Waals surface area contributed by atoms with E-state index in [9.17, 15) is 4.79 Å². The zero-order chi connectivity index (χ0) is 13.8. The number of nitrogens with zero attached hydrogens (tertiary/aromatic N) is 1. The van der Waals surface area contributed by atoms with E-state index < -0.39 is 0 Å². The maximum atomic E-state index is 11.7. The van der Waals surface area contributed by atoms with Gasteiger partial charge in [0.1, 0.15) is 6.10 Å².